The lowest BCUT2D eigenvalue weighted by molar-refractivity contribution is 0.0770. The van der Waals surface area contributed by atoms with Gasteiger partial charge in [0, 0.05) is 13.2 Å². The summed E-state index contributed by atoms with van der Waals surface area (Å²) in [5.74, 6) is 1.11. The zero-order chi connectivity index (χ0) is 18.8. The van der Waals surface area contributed by atoms with E-state index in [4.69, 9.17) is 14.2 Å². The number of benzene rings is 2. The van der Waals surface area contributed by atoms with Gasteiger partial charge in [0.1, 0.15) is 12.4 Å². The van der Waals surface area contributed by atoms with E-state index in [2.05, 4.69) is 5.32 Å². The first kappa shape index (κ1) is 23.2. The van der Waals surface area contributed by atoms with Crippen LogP contribution in [0.5, 0.6) is 11.5 Å². The summed E-state index contributed by atoms with van der Waals surface area (Å²) in [6.07, 6.45) is 1.26. The summed E-state index contributed by atoms with van der Waals surface area (Å²) in [7, 11) is 1.63. The number of nitrogens with one attached hydrogen (secondary N) is 1. The summed E-state index contributed by atoms with van der Waals surface area (Å²) in [6.45, 7) is 6.88. The van der Waals surface area contributed by atoms with Crippen LogP contribution in [0.15, 0.2) is 42.5 Å². The molecule has 0 unspecified atom stereocenters. The van der Waals surface area contributed by atoms with Gasteiger partial charge < -0.3 is 19.5 Å². The van der Waals surface area contributed by atoms with Gasteiger partial charge in [-0.05, 0) is 62.2 Å². The summed E-state index contributed by atoms with van der Waals surface area (Å²) in [5.41, 5.74) is 2.03. The van der Waals surface area contributed by atoms with E-state index in [9.17, 15) is 4.39 Å². The fourth-order valence-corrected chi connectivity index (χ4v) is 2.43. The van der Waals surface area contributed by atoms with Crippen LogP contribution in [0.1, 0.15) is 31.4 Å². The van der Waals surface area contributed by atoms with Crippen molar-refractivity contribution >= 4 is 12.4 Å². The Morgan fingerprint density at radius 1 is 1.00 bits per heavy atom. The highest BCUT2D eigenvalue weighted by atomic mass is 35.5. The average molecular weight is 398 g/mol. The van der Waals surface area contributed by atoms with Crippen molar-refractivity contribution < 1.29 is 18.6 Å². The molecule has 0 spiro atoms. The van der Waals surface area contributed by atoms with Gasteiger partial charge >= 0.3 is 0 Å². The van der Waals surface area contributed by atoms with Crippen LogP contribution in [-0.4, -0.2) is 26.4 Å². The Hall–Kier alpha value is -1.82. The van der Waals surface area contributed by atoms with Crippen molar-refractivity contribution in [3.05, 3.63) is 59.4 Å². The molecule has 6 heteroatoms. The molecule has 0 aromatic heterocycles. The van der Waals surface area contributed by atoms with Crippen LogP contribution in [0.25, 0.3) is 0 Å². The van der Waals surface area contributed by atoms with Crippen molar-refractivity contribution in [1.82, 2.24) is 5.32 Å². The fraction of sp³-hybridized carbons (Fsp3) is 0.429. The lowest BCUT2D eigenvalue weighted by Crippen LogP contribution is -2.17. The normalized spacial score (nSPS) is 10.6. The van der Waals surface area contributed by atoms with Crippen molar-refractivity contribution in [3.8, 4) is 11.5 Å². The van der Waals surface area contributed by atoms with E-state index >= 15 is 0 Å². The molecule has 0 aliphatic rings. The monoisotopic (exact) mass is 397 g/mol. The van der Waals surface area contributed by atoms with Crippen LogP contribution in [0.3, 0.4) is 0 Å². The van der Waals surface area contributed by atoms with E-state index in [-0.39, 0.29) is 24.3 Å². The summed E-state index contributed by atoms with van der Waals surface area (Å²) in [6, 6.07) is 12.2. The third-order valence-electron chi connectivity index (χ3n) is 3.81. The highest BCUT2D eigenvalue weighted by molar-refractivity contribution is 5.85. The van der Waals surface area contributed by atoms with Gasteiger partial charge in [0.2, 0.25) is 0 Å². The fourth-order valence-electron chi connectivity index (χ4n) is 2.43. The smallest absolute Gasteiger partial charge is 0.161 e. The van der Waals surface area contributed by atoms with Crippen LogP contribution in [0.2, 0.25) is 0 Å². The molecule has 0 radical (unpaired) electrons. The highest BCUT2D eigenvalue weighted by Gasteiger charge is 2.06. The van der Waals surface area contributed by atoms with Crippen LogP contribution in [0.4, 0.5) is 4.39 Å². The van der Waals surface area contributed by atoms with Crippen molar-refractivity contribution in [2.45, 2.75) is 39.5 Å². The summed E-state index contributed by atoms with van der Waals surface area (Å²) < 4.78 is 29.7. The second-order valence-corrected chi connectivity index (χ2v) is 6.35. The summed E-state index contributed by atoms with van der Waals surface area (Å²) in [5, 5.41) is 3.40. The molecule has 0 aliphatic carbocycles. The van der Waals surface area contributed by atoms with Crippen LogP contribution in [-0.2, 0) is 17.9 Å². The minimum Gasteiger partial charge on any atom is -0.493 e. The number of halogens is 2. The Labute approximate surface area is 167 Å². The number of hydrogen-bond donors (Lipinski definition) is 1. The first-order valence-electron chi connectivity index (χ1n) is 8.95. The van der Waals surface area contributed by atoms with Gasteiger partial charge in [0.05, 0.1) is 13.2 Å². The molecule has 0 bridgehead atoms. The molecule has 1 N–H and O–H groups in total. The largest absolute Gasteiger partial charge is 0.493 e. The van der Waals surface area contributed by atoms with Gasteiger partial charge in [-0.2, -0.15) is 0 Å². The molecule has 150 valence electrons. The third kappa shape index (κ3) is 8.61. The predicted octanol–water partition coefficient (Wildman–Crippen LogP) is 4.74. The van der Waals surface area contributed by atoms with Crippen molar-refractivity contribution in [3.63, 3.8) is 0 Å². The minimum absolute atomic E-state index is 0. The molecule has 27 heavy (non-hydrogen) atoms. The minimum atomic E-state index is -0.251. The standard InChI is InChI=1S/C21H28FNO3.ClH/c1-16(2)25-12-4-11-23-14-18-7-10-20(21(13-18)24-3)26-15-17-5-8-19(22)9-6-17;/h5-10,13,16,23H,4,11-12,14-15H2,1-3H3;1H. The molecule has 0 aliphatic heterocycles. The van der Waals surface area contributed by atoms with Crippen molar-refractivity contribution in [2.24, 2.45) is 0 Å². The third-order valence-corrected chi connectivity index (χ3v) is 3.81. The van der Waals surface area contributed by atoms with Crippen LogP contribution >= 0.6 is 12.4 Å². The first-order valence-corrected chi connectivity index (χ1v) is 8.95. The molecule has 2 aromatic carbocycles. The Bertz CT molecular complexity index is 665. The summed E-state index contributed by atoms with van der Waals surface area (Å²) >= 11 is 0. The maximum absolute atomic E-state index is 12.9. The van der Waals surface area contributed by atoms with E-state index in [1.807, 2.05) is 32.0 Å². The SMILES string of the molecule is COc1cc(CNCCCOC(C)C)ccc1OCc1ccc(F)cc1.Cl. The number of rotatable bonds is 11. The molecule has 0 amide bonds. The Morgan fingerprint density at radius 3 is 2.37 bits per heavy atom. The Kier molecular flexibility index (Phi) is 10.8. The van der Waals surface area contributed by atoms with E-state index in [1.165, 1.54) is 12.1 Å². The van der Waals surface area contributed by atoms with E-state index in [0.717, 1.165) is 37.2 Å². The quantitative estimate of drug-likeness (QED) is 0.556. The van der Waals surface area contributed by atoms with Crippen molar-refractivity contribution in [2.75, 3.05) is 20.3 Å². The molecule has 0 saturated heterocycles. The second-order valence-electron chi connectivity index (χ2n) is 6.35. The molecule has 2 aromatic rings. The van der Waals surface area contributed by atoms with Gasteiger partial charge in [0.15, 0.2) is 11.5 Å². The number of hydrogen-bond acceptors (Lipinski definition) is 4. The van der Waals surface area contributed by atoms with E-state index < -0.39 is 0 Å². The van der Waals surface area contributed by atoms with E-state index in [1.54, 1.807) is 19.2 Å². The van der Waals surface area contributed by atoms with Gasteiger partial charge in [-0.25, -0.2) is 4.39 Å². The maximum atomic E-state index is 12.9. The molecule has 4 nitrogen and oxygen atoms in total. The number of methoxy groups -OCH3 is 1. The zero-order valence-corrected chi connectivity index (χ0v) is 17.0. The van der Waals surface area contributed by atoms with Gasteiger partial charge in [-0.1, -0.05) is 18.2 Å². The van der Waals surface area contributed by atoms with Crippen molar-refractivity contribution in [1.29, 1.82) is 0 Å². The zero-order valence-electron chi connectivity index (χ0n) is 16.2. The molecule has 2 rings (SSSR count). The molecule has 0 fully saturated rings. The molecular formula is C21H29ClFNO3. The molecular weight excluding hydrogens is 369 g/mol. The lowest BCUT2D eigenvalue weighted by atomic mass is 10.2. The van der Waals surface area contributed by atoms with Gasteiger partial charge in [-0.3, -0.25) is 0 Å². The van der Waals surface area contributed by atoms with Gasteiger partial charge in [0.25, 0.3) is 0 Å². The van der Waals surface area contributed by atoms with E-state index in [0.29, 0.717) is 18.1 Å². The number of ether oxygens (including phenoxy) is 3. The molecule has 0 atom stereocenters. The highest BCUT2D eigenvalue weighted by Crippen LogP contribution is 2.28. The van der Waals surface area contributed by atoms with Gasteiger partial charge in [-0.15, -0.1) is 12.4 Å². The Morgan fingerprint density at radius 2 is 1.70 bits per heavy atom. The maximum Gasteiger partial charge on any atom is 0.161 e. The lowest BCUT2D eigenvalue weighted by Gasteiger charge is -2.13. The second kappa shape index (κ2) is 12.5. The van der Waals surface area contributed by atoms with Crippen LogP contribution < -0.4 is 14.8 Å². The topological polar surface area (TPSA) is 39.7 Å². The average Bonchev–Trinajstić information content (AvgIpc) is 2.64. The first-order chi connectivity index (χ1) is 12.6. The summed E-state index contributed by atoms with van der Waals surface area (Å²) in [4.78, 5) is 0. The Balaban J connectivity index is 0.00000364. The van der Waals surface area contributed by atoms with Crippen LogP contribution in [0, 0.1) is 5.82 Å². The molecule has 0 heterocycles. The molecule has 0 saturated carbocycles. The predicted molar refractivity (Wildman–Crippen MR) is 108 cm³/mol.